The molecule has 0 radical (unpaired) electrons. The summed E-state index contributed by atoms with van der Waals surface area (Å²) in [6.45, 7) is 3.59. The van der Waals surface area contributed by atoms with Crippen molar-refractivity contribution >= 4 is 11.6 Å². The van der Waals surface area contributed by atoms with Crippen LogP contribution in [0.1, 0.15) is 41.6 Å². The number of hydrogen-bond donors (Lipinski definition) is 3. The summed E-state index contributed by atoms with van der Waals surface area (Å²) in [6.07, 6.45) is 5.59. The van der Waals surface area contributed by atoms with E-state index >= 15 is 0 Å². The van der Waals surface area contributed by atoms with Crippen LogP contribution in [-0.2, 0) is 6.42 Å². The number of para-hydroxylation sites is 1. The number of carbonyl (C=O) groups excluding carboxylic acids is 1. The first-order valence-corrected chi connectivity index (χ1v) is 8.78. The first-order chi connectivity index (χ1) is 11.3. The van der Waals surface area contributed by atoms with Gasteiger partial charge < -0.3 is 15.7 Å². The van der Waals surface area contributed by atoms with Gasteiger partial charge in [0.05, 0.1) is 17.9 Å². The number of rotatable bonds is 5. The second-order valence-electron chi connectivity index (χ2n) is 6.49. The molecule has 1 fully saturated rings. The van der Waals surface area contributed by atoms with Gasteiger partial charge in [0.1, 0.15) is 0 Å². The maximum Gasteiger partial charge on any atom is 0.253 e. The summed E-state index contributed by atoms with van der Waals surface area (Å²) in [4.78, 5) is 14.8. The molecule has 126 valence electrons. The molecule has 5 heteroatoms. The zero-order chi connectivity index (χ0) is 16.1. The largest absolute Gasteiger partial charge is 0.395 e. The maximum atomic E-state index is 12.5. The summed E-state index contributed by atoms with van der Waals surface area (Å²) in [5.74, 6) is -0.00573. The third kappa shape index (κ3) is 3.85. The molecular formula is C18H27N3O2. The average Bonchev–Trinajstić information content (AvgIpc) is 2.61. The number of nitrogens with zero attached hydrogens (tertiary/aromatic N) is 1. The van der Waals surface area contributed by atoms with E-state index < -0.39 is 0 Å². The molecule has 3 rings (SSSR count). The van der Waals surface area contributed by atoms with Gasteiger partial charge in [-0.25, -0.2) is 0 Å². The van der Waals surface area contributed by atoms with Gasteiger partial charge in [-0.05, 0) is 43.9 Å². The van der Waals surface area contributed by atoms with Crippen molar-refractivity contribution in [3.8, 4) is 0 Å². The third-order valence-electron chi connectivity index (χ3n) is 4.96. The second kappa shape index (κ2) is 7.79. The maximum absolute atomic E-state index is 12.5. The Balaban J connectivity index is 1.55. The van der Waals surface area contributed by atoms with E-state index in [1.165, 1.54) is 18.4 Å². The monoisotopic (exact) mass is 317 g/mol. The number of aryl methyl sites for hydroxylation is 1. The Morgan fingerprint density at radius 2 is 2.26 bits per heavy atom. The number of hydrogen-bond acceptors (Lipinski definition) is 4. The highest BCUT2D eigenvalue weighted by molar-refractivity contribution is 6.00. The molecule has 1 saturated heterocycles. The third-order valence-corrected chi connectivity index (χ3v) is 4.96. The molecule has 1 unspecified atom stereocenters. The van der Waals surface area contributed by atoms with Gasteiger partial charge in [0.2, 0.25) is 0 Å². The van der Waals surface area contributed by atoms with Gasteiger partial charge in [-0.2, -0.15) is 0 Å². The van der Waals surface area contributed by atoms with Crippen LogP contribution in [0.3, 0.4) is 0 Å². The van der Waals surface area contributed by atoms with E-state index in [9.17, 15) is 9.90 Å². The Hall–Kier alpha value is -1.59. The Labute approximate surface area is 138 Å². The summed E-state index contributed by atoms with van der Waals surface area (Å²) in [7, 11) is 0. The Bertz CT molecular complexity index is 547. The van der Waals surface area contributed by atoms with Crippen molar-refractivity contribution in [2.75, 3.05) is 38.1 Å². The summed E-state index contributed by atoms with van der Waals surface area (Å²) in [6, 6.07) is 6.21. The first-order valence-electron chi connectivity index (χ1n) is 8.78. The molecule has 0 saturated carbocycles. The minimum absolute atomic E-state index is 0.00573. The Morgan fingerprint density at radius 3 is 3.13 bits per heavy atom. The normalized spacial score (nSPS) is 21.3. The van der Waals surface area contributed by atoms with E-state index in [1.807, 2.05) is 12.1 Å². The molecule has 5 nitrogen and oxygen atoms in total. The number of carbonyl (C=O) groups is 1. The highest BCUT2D eigenvalue weighted by Crippen LogP contribution is 2.25. The van der Waals surface area contributed by atoms with Crippen molar-refractivity contribution in [1.29, 1.82) is 0 Å². The standard InChI is InChI=1S/C18H27N3O2/c22-13-15-7-1-2-11-21(15)12-10-20-18(23)16-8-3-5-14-6-4-9-19-17(14)16/h3,5,8,15,19,22H,1-2,4,6-7,9-13H2,(H,20,23). The second-order valence-corrected chi connectivity index (χ2v) is 6.49. The van der Waals surface area contributed by atoms with Gasteiger partial charge in [0, 0.05) is 25.7 Å². The number of anilines is 1. The number of aliphatic hydroxyl groups is 1. The number of fused-ring (bicyclic) bond motifs is 1. The molecule has 0 bridgehead atoms. The van der Waals surface area contributed by atoms with Crippen LogP contribution in [-0.4, -0.2) is 54.7 Å². The van der Waals surface area contributed by atoms with E-state index in [4.69, 9.17) is 0 Å². The van der Waals surface area contributed by atoms with E-state index in [0.717, 1.165) is 50.1 Å². The smallest absolute Gasteiger partial charge is 0.253 e. The Morgan fingerprint density at radius 1 is 1.35 bits per heavy atom. The van der Waals surface area contributed by atoms with Gasteiger partial charge in [-0.15, -0.1) is 0 Å². The summed E-state index contributed by atoms with van der Waals surface area (Å²) < 4.78 is 0. The van der Waals surface area contributed by atoms with Crippen LogP contribution in [0.2, 0.25) is 0 Å². The van der Waals surface area contributed by atoms with Crippen LogP contribution in [0.4, 0.5) is 5.69 Å². The number of piperidine rings is 1. The van der Waals surface area contributed by atoms with Crippen molar-refractivity contribution in [1.82, 2.24) is 10.2 Å². The van der Waals surface area contributed by atoms with Crippen molar-refractivity contribution < 1.29 is 9.90 Å². The van der Waals surface area contributed by atoms with Crippen LogP contribution in [0.25, 0.3) is 0 Å². The predicted octanol–water partition coefficient (Wildman–Crippen LogP) is 1.62. The van der Waals surface area contributed by atoms with Crippen LogP contribution in [0.5, 0.6) is 0 Å². The number of aliphatic hydroxyl groups excluding tert-OH is 1. The number of nitrogens with one attached hydrogen (secondary N) is 2. The van der Waals surface area contributed by atoms with Gasteiger partial charge in [-0.1, -0.05) is 18.6 Å². The molecule has 1 amide bonds. The van der Waals surface area contributed by atoms with Crippen molar-refractivity contribution in [3.05, 3.63) is 29.3 Å². The molecular weight excluding hydrogens is 290 g/mol. The lowest BCUT2D eigenvalue weighted by Gasteiger charge is -2.34. The zero-order valence-corrected chi connectivity index (χ0v) is 13.7. The lowest BCUT2D eigenvalue weighted by atomic mass is 9.99. The first kappa shape index (κ1) is 16.3. The zero-order valence-electron chi connectivity index (χ0n) is 13.7. The number of likely N-dealkylation sites (tertiary alicyclic amines) is 1. The Kier molecular flexibility index (Phi) is 5.51. The van der Waals surface area contributed by atoms with Crippen molar-refractivity contribution in [2.45, 2.75) is 38.1 Å². The predicted molar refractivity (Wildman–Crippen MR) is 91.9 cm³/mol. The van der Waals surface area contributed by atoms with Gasteiger partial charge in [0.15, 0.2) is 0 Å². The van der Waals surface area contributed by atoms with E-state index in [0.29, 0.717) is 6.54 Å². The van der Waals surface area contributed by atoms with Gasteiger partial charge in [0.25, 0.3) is 5.91 Å². The SMILES string of the molecule is O=C(NCCN1CCCCC1CO)c1cccc2c1NCCC2. The minimum atomic E-state index is -0.00573. The molecule has 2 aliphatic rings. The quantitative estimate of drug-likeness (QED) is 0.772. The van der Waals surface area contributed by atoms with E-state index in [1.54, 1.807) is 0 Å². The van der Waals surface area contributed by atoms with E-state index in [2.05, 4.69) is 21.6 Å². The topological polar surface area (TPSA) is 64.6 Å². The summed E-state index contributed by atoms with van der Waals surface area (Å²) in [5.41, 5.74) is 2.99. The van der Waals surface area contributed by atoms with Gasteiger partial charge in [-0.3, -0.25) is 9.69 Å². The molecule has 0 aliphatic carbocycles. The molecule has 1 atom stereocenters. The van der Waals surface area contributed by atoms with E-state index in [-0.39, 0.29) is 18.6 Å². The summed E-state index contributed by atoms with van der Waals surface area (Å²) in [5, 5.41) is 15.8. The highest BCUT2D eigenvalue weighted by Gasteiger charge is 2.22. The van der Waals surface area contributed by atoms with Gasteiger partial charge >= 0.3 is 0 Å². The summed E-state index contributed by atoms with van der Waals surface area (Å²) >= 11 is 0. The molecule has 3 N–H and O–H groups in total. The highest BCUT2D eigenvalue weighted by atomic mass is 16.3. The fourth-order valence-corrected chi connectivity index (χ4v) is 3.67. The fraction of sp³-hybridized carbons (Fsp3) is 0.611. The lowest BCUT2D eigenvalue weighted by molar-refractivity contribution is 0.0849. The molecule has 1 aromatic rings. The molecule has 0 spiro atoms. The molecule has 0 aromatic heterocycles. The molecule has 1 aromatic carbocycles. The number of benzene rings is 1. The fourth-order valence-electron chi connectivity index (χ4n) is 3.67. The van der Waals surface area contributed by atoms with Crippen LogP contribution in [0, 0.1) is 0 Å². The minimum Gasteiger partial charge on any atom is -0.395 e. The van der Waals surface area contributed by atoms with Crippen LogP contribution < -0.4 is 10.6 Å². The molecule has 2 heterocycles. The van der Waals surface area contributed by atoms with Crippen LogP contribution in [0.15, 0.2) is 18.2 Å². The molecule has 23 heavy (non-hydrogen) atoms. The average molecular weight is 317 g/mol. The van der Waals surface area contributed by atoms with Crippen molar-refractivity contribution in [2.24, 2.45) is 0 Å². The lowest BCUT2D eigenvalue weighted by Crippen LogP contribution is -2.45. The number of amides is 1. The van der Waals surface area contributed by atoms with Crippen molar-refractivity contribution in [3.63, 3.8) is 0 Å². The molecule has 2 aliphatic heterocycles. The van der Waals surface area contributed by atoms with Crippen LogP contribution >= 0.6 is 0 Å².